The summed E-state index contributed by atoms with van der Waals surface area (Å²) >= 11 is 10.8. The summed E-state index contributed by atoms with van der Waals surface area (Å²) in [5.41, 5.74) is 2.41. The standard InChI is InChI=1S/C12H15ClFN3OS/c13-8-5-9(14)10(16-12(19)17-15)6-11(8)18-7-3-1-2-4-7/h5-7H,1-4,15H2,(H2,16,17,19). The lowest BCUT2D eigenvalue weighted by Crippen LogP contribution is -2.34. The molecule has 1 aliphatic rings. The molecule has 2 rings (SSSR count). The molecule has 0 aliphatic heterocycles. The van der Waals surface area contributed by atoms with Crippen molar-refractivity contribution < 1.29 is 9.13 Å². The van der Waals surface area contributed by atoms with E-state index in [0.717, 1.165) is 25.7 Å². The van der Waals surface area contributed by atoms with E-state index in [0.29, 0.717) is 5.75 Å². The molecule has 4 nitrogen and oxygen atoms in total. The van der Waals surface area contributed by atoms with Gasteiger partial charge in [-0.2, -0.15) is 0 Å². The van der Waals surface area contributed by atoms with Crippen molar-refractivity contribution in [1.29, 1.82) is 0 Å². The van der Waals surface area contributed by atoms with Gasteiger partial charge in [0.1, 0.15) is 11.6 Å². The van der Waals surface area contributed by atoms with E-state index in [1.165, 1.54) is 12.1 Å². The number of nitrogens with two attached hydrogens (primary N) is 1. The third-order valence-electron chi connectivity index (χ3n) is 3.00. The highest BCUT2D eigenvalue weighted by Gasteiger charge is 2.19. The smallest absolute Gasteiger partial charge is 0.185 e. The van der Waals surface area contributed by atoms with Crippen molar-refractivity contribution in [3.05, 3.63) is 23.0 Å². The van der Waals surface area contributed by atoms with Crippen LogP contribution in [0.4, 0.5) is 10.1 Å². The predicted molar refractivity (Wildman–Crippen MR) is 77.8 cm³/mol. The van der Waals surface area contributed by atoms with Crippen molar-refractivity contribution >= 4 is 34.6 Å². The third-order valence-corrected chi connectivity index (χ3v) is 3.51. The van der Waals surface area contributed by atoms with Crippen LogP contribution in [0.25, 0.3) is 0 Å². The molecule has 0 bridgehead atoms. The van der Waals surface area contributed by atoms with E-state index < -0.39 is 5.82 Å². The molecule has 0 aromatic heterocycles. The third kappa shape index (κ3) is 3.68. The molecule has 1 saturated carbocycles. The van der Waals surface area contributed by atoms with Gasteiger partial charge in [-0.25, -0.2) is 10.2 Å². The summed E-state index contributed by atoms with van der Waals surface area (Å²) in [5.74, 6) is 5.08. The molecular weight excluding hydrogens is 289 g/mol. The van der Waals surface area contributed by atoms with Gasteiger partial charge in [-0.15, -0.1) is 0 Å². The van der Waals surface area contributed by atoms with Gasteiger partial charge in [0.15, 0.2) is 5.11 Å². The van der Waals surface area contributed by atoms with Crippen molar-refractivity contribution in [2.75, 3.05) is 5.32 Å². The second kappa shape index (κ2) is 6.36. The van der Waals surface area contributed by atoms with Crippen molar-refractivity contribution in [3.8, 4) is 5.75 Å². The van der Waals surface area contributed by atoms with Gasteiger partial charge in [-0.1, -0.05) is 11.6 Å². The van der Waals surface area contributed by atoms with E-state index in [2.05, 4.69) is 10.7 Å². The van der Waals surface area contributed by atoms with E-state index in [1.807, 2.05) is 0 Å². The molecule has 1 aliphatic carbocycles. The molecule has 7 heteroatoms. The first-order valence-electron chi connectivity index (χ1n) is 6.03. The highest BCUT2D eigenvalue weighted by molar-refractivity contribution is 7.80. The van der Waals surface area contributed by atoms with Crippen LogP contribution in [-0.2, 0) is 0 Å². The monoisotopic (exact) mass is 303 g/mol. The van der Waals surface area contributed by atoms with Crippen LogP contribution in [0.5, 0.6) is 5.75 Å². The largest absolute Gasteiger partial charge is 0.489 e. The minimum Gasteiger partial charge on any atom is -0.489 e. The Kier molecular flexibility index (Phi) is 4.79. The Hall–Kier alpha value is -1.11. The number of thiocarbonyl (C=S) groups is 1. The van der Waals surface area contributed by atoms with Crippen LogP contribution in [0.3, 0.4) is 0 Å². The minimum absolute atomic E-state index is 0.119. The van der Waals surface area contributed by atoms with Crippen LogP contribution in [0.1, 0.15) is 25.7 Å². The van der Waals surface area contributed by atoms with E-state index >= 15 is 0 Å². The van der Waals surface area contributed by atoms with Crippen LogP contribution in [-0.4, -0.2) is 11.2 Å². The summed E-state index contributed by atoms with van der Waals surface area (Å²) in [6.07, 6.45) is 4.44. The first-order valence-corrected chi connectivity index (χ1v) is 6.82. The Balaban J connectivity index is 2.17. The number of nitrogens with one attached hydrogen (secondary N) is 2. The number of hydrogen-bond acceptors (Lipinski definition) is 3. The molecule has 4 N–H and O–H groups in total. The molecule has 0 amide bonds. The topological polar surface area (TPSA) is 59.3 Å². The molecule has 1 aromatic carbocycles. The molecule has 19 heavy (non-hydrogen) atoms. The summed E-state index contributed by atoms with van der Waals surface area (Å²) in [5, 5.41) is 3.00. The van der Waals surface area contributed by atoms with E-state index in [-0.39, 0.29) is 21.9 Å². The van der Waals surface area contributed by atoms with Crippen LogP contribution in [0, 0.1) is 5.82 Å². The lowest BCUT2D eigenvalue weighted by atomic mass is 10.2. The highest BCUT2D eigenvalue weighted by atomic mass is 35.5. The van der Waals surface area contributed by atoms with Gasteiger partial charge in [0.05, 0.1) is 16.8 Å². The van der Waals surface area contributed by atoms with E-state index in [1.54, 1.807) is 0 Å². The first kappa shape index (κ1) is 14.3. The molecule has 104 valence electrons. The Morgan fingerprint density at radius 3 is 2.74 bits per heavy atom. The quantitative estimate of drug-likeness (QED) is 0.455. The average Bonchev–Trinajstić information content (AvgIpc) is 2.87. The molecule has 0 spiro atoms. The van der Waals surface area contributed by atoms with Crippen molar-refractivity contribution in [2.45, 2.75) is 31.8 Å². The number of ether oxygens (including phenoxy) is 1. The molecule has 0 atom stereocenters. The molecular formula is C12H15ClFN3OS. The SMILES string of the molecule is NNC(=S)Nc1cc(OC2CCCC2)c(Cl)cc1F. The predicted octanol–water partition coefficient (Wildman–Crippen LogP) is 2.96. The lowest BCUT2D eigenvalue weighted by Gasteiger charge is -2.16. The van der Waals surface area contributed by atoms with Gasteiger partial charge in [0, 0.05) is 6.07 Å². The highest BCUT2D eigenvalue weighted by Crippen LogP contribution is 2.33. The maximum absolute atomic E-state index is 13.7. The Labute approximate surface area is 121 Å². The van der Waals surface area contributed by atoms with Gasteiger partial charge < -0.3 is 15.5 Å². The summed E-state index contributed by atoms with van der Waals surface area (Å²) in [4.78, 5) is 0. The fourth-order valence-corrected chi connectivity index (χ4v) is 2.36. The number of benzene rings is 1. The molecule has 1 aromatic rings. The first-order chi connectivity index (χ1) is 9.10. The minimum atomic E-state index is -0.513. The fourth-order valence-electron chi connectivity index (χ4n) is 2.06. The maximum Gasteiger partial charge on any atom is 0.185 e. The van der Waals surface area contributed by atoms with Gasteiger partial charge in [-0.3, -0.25) is 0 Å². The number of hydrogen-bond donors (Lipinski definition) is 3. The number of halogens is 2. The van der Waals surface area contributed by atoms with Crippen LogP contribution in [0.2, 0.25) is 5.02 Å². The van der Waals surface area contributed by atoms with Crippen LogP contribution in [0.15, 0.2) is 12.1 Å². The molecule has 0 unspecified atom stereocenters. The molecule has 1 fully saturated rings. The summed E-state index contributed by atoms with van der Waals surface area (Å²) in [6, 6.07) is 2.70. The number of anilines is 1. The summed E-state index contributed by atoms with van der Waals surface area (Å²) < 4.78 is 19.5. The summed E-state index contributed by atoms with van der Waals surface area (Å²) in [6.45, 7) is 0. The van der Waals surface area contributed by atoms with Crippen molar-refractivity contribution in [2.24, 2.45) is 5.84 Å². The molecule has 0 heterocycles. The van der Waals surface area contributed by atoms with Crippen LogP contribution >= 0.6 is 23.8 Å². The zero-order chi connectivity index (χ0) is 13.8. The normalized spacial score (nSPS) is 15.3. The Morgan fingerprint density at radius 2 is 2.11 bits per heavy atom. The zero-order valence-electron chi connectivity index (χ0n) is 10.2. The van der Waals surface area contributed by atoms with Gasteiger partial charge in [0.25, 0.3) is 0 Å². The van der Waals surface area contributed by atoms with Crippen molar-refractivity contribution in [3.63, 3.8) is 0 Å². The lowest BCUT2D eigenvalue weighted by molar-refractivity contribution is 0.210. The van der Waals surface area contributed by atoms with E-state index in [4.69, 9.17) is 34.4 Å². The van der Waals surface area contributed by atoms with Gasteiger partial charge >= 0.3 is 0 Å². The van der Waals surface area contributed by atoms with Crippen LogP contribution < -0.4 is 21.3 Å². The Morgan fingerprint density at radius 1 is 1.42 bits per heavy atom. The number of rotatable bonds is 3. The van der Waals surface area contributed by atoms with Crippen molar-refractivity contribution in [1.82, 2.24) is 5.43 Å². The summed E-state index contributed by atoms with van der Waals surface area (Å²) in [7, 11) is 0. The Bertz CT molecular complexity index is 480. The second-order valence-corrected chi connectivity index (χ2v) is 5.20. The second-order valence-electron chi connectivity index (χ2n) is 4.39. The zero-order valence-corrected chi connectivity index (χ0v) is 11.8. The van der Waals surface area contributed by atoms with E-state index in [9.17, 15) is 4.39 Å². The average molecular weight is 304 g/mol. The maximum atomic E-state index is 13.7. The number of hydrazine groups is 1. The van der Waals surface area contributed by atoms with Gasteiger partial charge in [-0.05, 0) is 44.0 Å². The fraction of sp³-hybridized carbons (Fsp3) is 0.417. The van der Waals surface area contributed by atoms with Gasteiger partial charge in [0.2, 0.25) is 0 Å². The molecule has 0 saturated heterocycles. The molecule has 0 radical (unpaired) electrons.